The molecule has 1 aliphatic heterocycles. The number of amides is 2. The fourth-order valence-electron chi connectivity index (χ4n) is 5.05. The number of carbonyl (C=O) groups is 2. The summed E-state index contributed by atoms with van der Waals surface area (Å²) in [5, 5.41) is 0. The molecule has 6 nitrogen and oxygen atoms in total. The summed E-state index contributed by atoms with van der Waals surface area (Å²) in [6.07, 6.45) is 5.18. The van der Waals surface area contributed by atoms with Crippen LogP contribution in [0, 0.1) is 12.8 Å². The lowest BCUT2D eigenvalue weighted by atomic mass is 9.98. The number of primary amides is 1. The minimum atomic E-state index is -0.445. The highest BCUT2D eigenvalue weighted by molar-refractivity contribution is 5.99. The number of aryl methyl sites for hydroxylation is 1. The van der Waals surface area contributed by atoms with E-state index in [2.05, 4.69) is 23.6 Å². The van der Waals surface area contributed by atoms with E-state index in [0.717, 1.165) is 67.8 Å². The number of hydrogen-bond donors (Lipinski definition) is 1. The van der Waals surface area contributed by atoms with Gasteiger partial charge in [-0.2, -0.15) is 0 Å². The molecular weight excluding hydrogens is 438 g/mol. The second-order valence-corrected chi connectivity index (χ2v) is 9.51. The molecule has 2 aromatic rings. The first-order valence-corrected chi connectivity index (χ1v) is 13.0. The molecule has 0 spiro atoms. The van der Waals surface area contributed by atoms with Crippen molar-refractivity contribution in [3.05, 3.63) is 53.6 Å². The number of piperidine rings is 1. The number of ether oxygens (including phenoxy) is 1. The maximum Gasteiger partial charge on any atom is 0.249 e. The molecule has 35 heavy (non-hydrogen) atoms. The molecule has 2 N–H and O–H groups in total. The molecule has 1 fully saturated rings. The van der Waals surface area contributed by atoms with Gasteiger partial charge in [0.1, 0.15) is 5.75 Å². The number of rotatable bonds is 11. The molecule has 0 aromatic heterocycles. The van der Waals surface area contributed by atoms with Crippen LogP contribution in [0.3, 0.4) is 0 Å². The Labute approximate surface area is 210 Å². The SMILES string of the molecule is CCN(CC)C1CCCCN1C(=O)C(C)CCCOc1cc(-c2ccccc2C(N)=O)ccc1C. The summed E-state index contributed by atoms with van der Waals surface area (Å²) in [7, 11) is 0. The summed E-state index contributed by atoms with van der Waals surface area (Å²) in [5.74, 6) is 0.588. The van der Waals surface area contributed by atoms with E-state index in [1.54, 1.807) is 6.07 Å². The Hall–Kier alpha value is -2.86. The van der Waals surface area contributed by atoms with Crippen molar-refractivity contribution >= 4 is 11.8 Å². The van der Waals surface area contributed by atoms with Crippen LogP contribution < -0.4 is 10.5 Å². The van der Waals surface area contributed by atoms with E-state index in [1.807, 2.05) is 50.2 Å². The smallest absolute Gasteiger partial charge is 0.249 e. The van der Waals surface area contributed by atoms with Gasteiger partial charge in [0, 0.05) is 18.0 Å². The average molecular weight is 480 g/mol. The Morgan fingerprint density at radius 1 is 1.14 bits per heavy atom. The molecule has 190 valence electrons. The lowest BCUT2D eigenvalue weighted by Gasteiger charge is -2.43. The molecule has 0 saturated carbocycles. The maximum absolute atomic E-state index is 13.3. The van der Waals surface area contributed by atoms with Crippen molar-refractivity contribution in [1.29, 1.82) is 0 Å². The van der Waals surface area contributed by atoms with Crippen LogP contribution in [-0.4, -0.2) is 54.0 Å². The minimum absolute atomic E-state index is 0.0235. The van der Waals surface area contributed by atoms with Gasteiger partial charge in [-0.3, -0.25) is 14.5 Å². The molecular formula is C29H41N3O3. The van der Waals surface area contributed by atoms with Crippen LogP contribution in [0.25, 0.3) is 11.1 Å². The summed E-state index contributed by atoms with van der Waals surface area (Å²) >= 11 is 0. The fourth-order valence-corrected chi connectivity index (χ4v) is 5.05. The molecule has 2 atom stereocenters. The second-order valence-electron chi connectivity index (χ2n) is 9.51. The largest absolute Gasteiger partial charge is 0.493 e. The van der Waals surface area contributed by atoms with Gasteiger partial charge in [0.25, 0.3) is 0 Å². The highest BCUT2D eigenvalue weighted by Gasteiger charge is 2.32. The molecule has 1 saturated heterocycles. The number of likely N-dealkylation sites (tertiary alicyclic amines) is 1. The van der Waals surface area contributed by atoms with Crippen molar-refractivity contribution in [1.82, 2.24) is 9.80 Å². The molecule has 1 heterocycles. The van der Waals surface area contributed by atoms with Crippen molar-refractivity contribution in [3.8, 4) is 16.9 Å². The van der Waals surface area contributed by atoms with Gasteiger partial charge in [0.05, 0.1) is 12.8 Å². The summed E-state index contributed by atoms with van der Waals surface area (Å²) in [5.41, 5.74) is 8.79. The van der Waals surface area contributed by atoms with Gasteiger partial charge in [-0.1, -0.05) is 51.1 Å². The molecule has 0 aliphatic carbocycles. The third kappa shape index (κ3) is 6.63. The van der Waals surface area contributed by atoms with Crippen LogP contribution in [-0.2, 0) is 4.79 Å². The van der Waals surface area contributed by atoms with Crippen molar-refractivity contribution in [2.24, 2.45) is 11.7 Å². The van der Waals surface area contributed by atoms with E-state index in [4.69, 9.17) is 10.5 Å². The summed E-state index contributed by atoms with van der Waals surface area (Å²) < 4.78 is 6.12. The van der Waals surface area contributed by atoms with Crippen LogP contribution in [0.5, 0.6) is 5.75 Å². The normalized spacial score (nSPS) is 16.8. The number of nitrogens with two attached hydrogens (primary N) is 1. The van der Waals surface area contributed by atoms with Crippen molar-refractivity contribution in [2.75, 3.05) is 26.2 Å². The van der Waals surface area contributed by atoms with Gasteiger partial charge in [-0.15, -0.1) is 0 Å². The zero-order chi connectivity index (χ0) is 25.4. The van der Waals surface area contributed by atoms with E-state index in [1.165, 1.54) is 6.42 Å². The maximum atomic E-state index is 13.3. The van der Waals surface area contributed by atoms with Gasteiger partial charge >= 0.3 is 0 Å². The minimum Gasteiger partial charge on any atom is -0.493 e. The van der Waals surface area contributed by atoms with Gasteiger partial charge < -0.3 is 15.4 Å². The van der Waals surface area contributed by atoms with E-state index in [9.17, 15) is 9.59 Å². The highest BCUT2D eigenvalue weighted by Crippen LogP contribution is 2.30. The Bertz CT molecular complexity index is 1000. The summed E-state index contributed by atoms with van der Waals surface area (Å²) in [6, 6.07) is 13.3. The predicted octanol–water partition coefficient (Wildman–Crippen LogP) is 5.24. The van der Waals surface area contributed by atoms with E-state index in [0.29, 0.717) is 12.2 Å². The Kier molecular flexibility index (Phi) is 9.73. The first-order chi connectivity index (χ1) is 16.9. The van der Waals surface area contributed by atoms with E-state index in [-0.39, 0.29) is 18.0 Å². The number of hydrogen-bond acceptors (Lipinski definition) is 4. The van der Waals surface area contributed by atoms with Crippen LogP contribution in [0.2, 0.25) is 0 Å². The Balaban J connectivity index is 1.58. The van der Waals surface area contributed by atoms with Crippen molar-refractivity contribution in [2.45, 2.75) is 66.0 Å². The number of carbonyl (C=O) groups excluding carboxylic acids is 2. The monoisotopic (exact) mass is 479 g/mol. The molecule has 3 rings (SSSR count). The standard InChI is InChI=1S/C29H41N3O3/c1-5-31(6-2)27-15-9-10-18-32(27)29(34)22(4)12-11-19-35-26-20-23(17-16-21(26)3)24-13-7-8-14-25(24)28(30)33/h7-8,13-14,16-17,20,22,27H,5-6,9-12,15,18-19H2,1-4H3,(H2,30,33). The lowest BCUT2D eigenvalue weighted by molar-refractivity contribution is -0.144. The average Bonchev–Trinajstić information content (AvgIpc) is 2.88. The first-order valence-electron chi connectivity index (χ1n) is 13.0. The van der Waals surface area contributed by atoms with E-state index < -0.39 is 5.91 Å². The van der Waals surface area contributed by atoms with Crippen LogP contribution in [0.4, 0.5) is 0 Å². The molecule has 1 aliphatic rings. The molecule has 2 aromatic carbocycles. The second kappa shape index (κ2) is 12.7. The predicted molar refractivity (Wildman–Crippen MR) is 141 cm³/mol. The first kappa shape index (κ1) is 26.7. The third-order valence-electron chi connectivity index (χ3n) is 7.14. The Morgan fingerprint density at radius 3 is 2.60 bits per heavy atom. The van der Waals surface area contributed by atoms with Crippen LogP contribution in [0.1, 0.15) is 68.8 Å². The summed E-state index contributed by atoms with van der Waals surface area (Å²) in [6.45, 7) is 11.7. The summed E-state index contributed by atoms with van der Waals surface area (Å²) in [4.78, 5) is 29.6. The fraction of sp³-hybridized carbons (Fsp3) is 0.517. The molecule has 2 amide bonds. The lowest BCUT2D eigenvalue weighted by Crippen LogP contribution is -2.54. The number of benzene rings is 2. The zero-order valence-corrected chi connectivity index (χ0v) is 21.8. The van der Waals surface area contributed by atoms with Crippen molar-refractivity contribution < 1.29 is 14.3 Å². The van der Waals surface area contributed by atoms with Crippen molar-refractivity contribution in [3.63, 3.8) is 0 Å². The molecule has 0 bridgehead atoms. The highest BCUT2D eigenvalue weighted by atomic mass is 16.5. The number of nitrogens with zero attached hydrogens (tertiary/aromatic N) is 2. The van der Waals surface area contributed by atoms with E-state index >= 15 is 0 Å². The third-order valence-corrected chi connectivity index (χ3v) is 7.14. The quantitative estimate of drug-likeness (QED) is 0.448. The van der Waals surface area contributed by atoms with Gasteiger partial charge in [-0.05, 0) is 80.9 Å². The molecule has 6 heteroatoms. The zero-order valence-electron chi connectivity index (χ0n) is 21.8. The van der Waals surface area contributed by atoms with Gasteiger partial charge in [0.15, 0.2) is 0 Å². The topological polar surface area (TPSA) is 75.9 Å². The Morgan fingerprint density at radius 2 is 1.89 bits per heavy atom. The molecule has 2 unspecified atom stereocenters. The van der Waals surface area contributed by atoms with Gasteiger partial charge in [-0.25, -0.2) is 0 Å². The van der Waals surface area contributed by atoms with Crippen LogP contribution in [0.15, 0.2) is 42.5 Å². The molecule has 0 radical (unpaired) electrons. The van der Waals surface area contributed by atoms with Crippen LogP contribution >= 0.6 is 0 Å². The van der Waals surface area contributed by atoms with Gasteiger partial charge in [0.2, 0.25) is 11.8 Å².